The number of pyridine rings is 1. The summed E-state index contributed by atoms with van der Waals surface area (Å²) in [6.07, 6.45) is 0. The molecule has 0 fully saturated rings. The van der Waals surface area contributed by atoms with Crippen LogP contribution in [0, 0.1) is 18.3 Å². The number of halogens is 1. The van der Waals surface area contributed by atoms with Crippen LogP contribution in [0.3, 0.4) is 0 Å². The van der Waals surface area contributed by atoms with E-state index in [9.17, 15) is 0 Å². The van der Waals surface area contributed by atoms with E-state index in [1.54, 1.807) is 6.07 Å². The van der Waals surface area contributed by atoms with Gasteiger partial charge in [0.25, 0.3) is 0 Å². The normalized spacial score (nSPS) is 9.71. The summed E-state index contributed by atoms with van der Waals surface area (Å²) in [5.41, 5.74) is 2.56. The van der Waals surface area contributed by atoms with Crippen LogP contribution in [0.1, 0.15) is 11.1 Å². The zero-order valence-corrected chi connectivity index (χ0v) is 9.99. The number of nitriles is 1. The van der Waals surface area contributed by atoms with Gasteiger partial charge in [0.1, 0.15) is 11.0 Å². The molecule has 3 nitrogen and oxygen atoms in total. The van der Waals surface area contributed by atoms with Crippen LogP contribution in [0.15, 0.2) is 36.4 Å². The average molecular weight is 244 g/mol. The molecular formula is C13H10ClN3. The monoisotopic (exact) mass is 243 g/mol. The lowest BCUT2D eigenvalue weighted by Crippen LogP contribution is -1.95. The van der Waals surface area contributed by atoms with E-state index in [4.69, 9.17) is 16.9 Å². The molecule has 17 heavy (non-hydrogen) atoms. The maximum atomic E-state index is 8.83. The number of nitrogens with zero attached hydrogens (tertiary/aromatic N) is 2. The quantitative estimate of drug-likeness (QED) is 0.819. The van der Waals surface area contributed by atoms with Crippen molar-refractivity contribution in [3.8, 4) is 6.07 Å². The summed E-state index contributed by atoms with van der Waals surface area (Å²) in [5.74, 6) is 0.569. The van der Waals surface area contributed by atoms with Crippen LogP contribution in [0.25, 0.3) is 0 Å². The molecular weight excluding hydrogens is 234 g/mol. The summed E-state index contributed by atoms with van der Waals surface area (Å²) >= 11 is 5.82. The summed E-state index contributed by atoms with van der Waals surface area (Å²) in [5, 5.41) is 12.3. The summed E-state index contributed by atoms with van der Waals surface area (Å²) in [6.45, 7) is 2.01. The van der Waals surface area contributed by atoms with E-state index >= 15 is 0 Å². The van der Waals surface area contributed by atoms with Crippen molar-refractivity contribution in [3.05, 3.63) is 52.7 Å². The zero-order valence-electron chi connectivity index (χ0n) is 9.24. The Morgan fingerprint density at radius 1 is 1.29 bits per heavy atom. The second-order valence-electron chi connectivity index (χ2n) is 3.67. The molecule has 0 spiro atoms. The van der Waals surface area contributed by atoms with Crippen molar-refractivity contribution in [2.75, 3.05) is 5.32 Å². The number of aryl methyl sites for hydroxylation is 1. The fourth-order valence-corrected chi connectivity index (χ4v) is 1.70. The highest BCUT2D eigenvalue weighted by Gasteiger charge is 2.01. The third-order valence-corrected chi connectivity index (χ3v) is 2.41. The number of anilines is 2. The Bertz CT molecular complexity index is 587. The van der Waals surface area contributed by atoms with Crippen molar-refractivity contribution < 1.29 is 0 Å². The topological polar surface area (TPSA) is 48.7 Å². The van der Waals surface area contributed by atoms with Crippen LogP contribution in [-0.2, 0) is 0 Å². The summed E-state index contributed by atoms with van der Waals surface area (Å²) < 4.78 is 0. The summed E-state index contributed by atoms with van der Waals surface area (Å²) in [6, 6.07) is 13.1. The van der Waals surface area contributed by atoms with Gasteiger partial charge < -0.3 is 5.32 Å². The number of aromatic nitrogens is 1. The molecule has 0 saturated heterocycles. The van der Waals surface area contributed by atoms with Crippen LogP contribution in [0.4, 0.5) is 11.5 Å². The highest BCUT2D eigenvalue weighted by molar-refractivity contribution is 6.29. The molecule has 1 aromatic heterocycles. The second-order valence-corrected chi connectivity index (χ2v) is 4.06. The first kappa shape index (κ1) is 11.4. The Kier molecular flexibility index (Phi) is 3.27. The van der Waals surface area contributed by atoms with Gasteiger partial charge in [0.2, 0.25) is 0 Å². The van der Waals surface area contributed by atoms with E-state index in [2.05, 4.69) is 10.3 Å². The molecule has 0 aliphatic carbocycles. The highest BCUT2D eigenvalue weighted by Crippen LogP contribution is 2.19. The summed E-state index contributed by atoms with van der Waals surface area (Å²) in [7, 11) is 0. The van der Waals surface area contributed by atoms with Gasteiger partial charge in [-0.25, -0.2) is 4.98 Å². The number of hydrogen-bond acceptors (Lipinski definition) is 3. The lowest BCUT2D eigenvalue weighted by molar-refractivity contribution is 1.29. The first-order valence-corrected chi connectivity index (χ1v) is 5.46. The molecule has 1 aromatic carbocycles. The van der Waals surface area contributed by atoms with Crippen LogP contribution in [0.2, 0.25) is 5.15 Å². The molecule has 0 aliphatic heterocycles. The standard InChI is InChI=1S/C13H10ClN3/c1-9-3-2-4-11(5-9)16-13-7-10(8-15)6-12(14)17-13/h2-7H,1H3,(H,16,17). The minimum atomic E-state index is 0.305. The van der Waals surface area contributed by atoms with Gasteiger partial charge in [-0.1, -0.05) is 23.7 Å². The molecule has 0 bridgehead atoms. The lowest BCUT2D eigenvalue weighted by atomic mass is 10.2. The molecule has 0 amide bonds. The molecule has 0 atom stereocenters. The molecule has 0 aliphatic rings. The fraction of sp³-hybridized carbons (Fsp3) is 0.0769. The molecule has 84 valence electrons. The molecule has 2 rings (SSSR count). The number of hydrogen-bond donors (Lipinski definition) is 1. The number of rotatable bonds is 2. The minimum Gasteiger partial charge on any atom is -0.340 e. The maximum absolute atomic E-state index is 8.83. The Labute approximate surface area is 105 Å². The van der Waals surface area contributed by atoms with Gasteiger partial charge >= 0.3 is 0 Å². The molecule has 0 unspecified atom stereocenters. The van der Waals surface area contributed by atoms with E-state index in [-0.39, 0.29) is 0 Å². The van der Waals surface area contributed by atoms with Gasteiger partial charge in [-0.2, -0.15) is 5.26 Å². The Balaban J connectivity index is 2.30. The third-order valence-electron chi connectivity index (χ3n) is 2.21. The smallest absolute Gasteiger partial charge is 0.133 e. The van der Waals surface area contributed by atoms with Gasteiger partial charge in [-0.15, -0.1) is 0 Å². The lowest BCUT2D eigenvalue weighted by Gasteiger charge is -2.06. The van der Waals surface area contributed by atoms with Crippen molar-refractivity contribution in [1.29, 1.82) is 5.26 Å². The van der Waals surface area contributed by atoms with Gasteiger partial charge in [0.15, 0.2) is 0 Å². The van der Waals surface area contributed by atoms with Gasteiger partial charge in [-0.3, -0.25) is 0 Å². The Morgan fingerprint density at radius 3 is 2.82 bits per heavy atom. The average Bonchev–Trinajstić information content (AvgIpc) is 2.28. The van der Waals surface area contributed by atoms with E-state index in [1.807, 2.05) is 37.3 Å². The predicted molar refractivity (Wildman–Crippen MR) is 68.4 cm³/mol. The van der Waals surface area contributed by atoms with Crippen molar-refractivity contribution >= 4 is 23.1 Å². The van der Waals surface area contributed by atoms with Crippen molar-refractivity contribution in [2.45, 2.75) is 6.92 Å². The molecule has 0 saturated carbocycles. The van der Waals surface area contributed by atoms with Gasteiger partial charge in [0, 0.05) is 5.69 Å². The van der Waals surface area contributed by atoms with E-state index in [0.29, 0.717) is 16.5 Å². The van der Waals surface area contributed by atoms with Crippen molar-refractivity contribution in [2.24, 2.45) is 0 Å². The second kappa shape index (κ2) is 4.86. The highest BCUT2D eigenvalue weighted by atomic mass is 35.5. The predicted octanol–water partition coefficient (Wildman–Crippen LogP) is 3.66. The molecule has 4 heteroatoms. The first-order chi connectivity index (χ1) is 8.17. The zero-order chi connectivity index (χ0) is 12.3. The van der Waals surface area contributed by atoms with Crippen LogP contribution >= 0.6 is 11.6 Å². The SMILES string of the molecule is Cc1cccc(Nc2cc(C#N)cc(Cl)n2)c1. The largest absolute Gasteiger partial charge is 0.340 e. The molecule has 1 heterocycles. The third kappa shape index (κ3) is 2.96. The van der Waals surface area contributed by atoms with E-state index in [1.165, 1.54) is 6.07 Å². The van der Waals surface area contributed by atoms with E-state index < -0.39 is 0 Å². The van der Waals surface area contributed by atoms with Gasteiger partial charge in [0.05, 0.1) is 11.6 Å². The van der Waals surface area contributed by atoms with Crippen LogP contribution in [0.5, 0.6) is 0 Å². The molecule has 1 N–H and O–H groups in total. The van der Waals surface area contributed by atoms with Crippen LogP contribution in [-0.4, -0.2) is 4.98 Å². The molecule has 2 aromatic rings. The van der Waals surface area contributed by atoms with E-state index in [0.717, 1.165) is 11.3 Å². The maximum Gasteiger partial charge on any atom is 0.133 e. The Hall–Kier alpha value is -2.05. The number of benzene rings is 1. The van der Waals surface area contributed by atoms with Crippen molar-refractivity contribution in [3.63, 3.8) is 0 Å². The van der Waals surface area contributed by atoms with Gasteiger partial charge in [-0.05, 0) is 36.8 Å². The van der Waals surface area contributed by atoms with Crippen molar-refractivity contribution in [1.82, 2.24) is 4.98 Å². The first-order valence-electron chi connectivity index (χ1n) is 5.09. The Morgan fingerprint density at radius 2 is 2.12 bits per heavy atom. The summed E-state index contributed by atoms with van der Waals surface area (Å²) in [4.78, 5) is 4.11. The molecule has 0 radical (unpaired) electrons. The number of nitrogens with one attached hydrogen (secondary N) is 1. The minimum absolute atomic E-state index is 0.305. The van der Waals surface area contributed by atoms with Crippen LogP contribution < -0.4 is 5.32 Å². The fourth-order valence-electron chi connectivity index (χ4n) is 1.50.